The molecular weight excluding hydrogens is 462 g/mol. The Morgan fingerprint density at radius 2 is 1.76 bits per heavy atom. The van der Waals surface area contributed by atoms with Gasteiger partial charge in [-0.05, 0) is 65.3 Å². The van der Waals surface area contributed by atoms with Gasteiger partial charge in [-0.1, -0.05) is 30.3 Å². The summed E-state index contributed by atoms with van der Waals surface area (Å²) in [7, 11) is 0. The number of nitrogens with two attached hydrogens (primary N) is 3. The van der Waals surface area contributed by atoms with E-state index in [-0.39, 0.29) is 5.56 Å². The minimum Gasteiger partial charge on any atom is -0.403 e. The van der Waals surface area contributed by atoms with Crippen LogP contribution in [-0.2, 0) is 19.6 Å². The molecule has 2 aromatic heterocycles. The van der Waals surface area contributed by atoms with Crippen molar-refractivity contribution in [2.24, 2.45) is 11.5 Å². The molecule has 0 aliphatic heterocycles. The zero-order valence-electron chi connectivity index (χ0n) is 21.2. The Balaban J connectivity index is 1.36. The third-order valence-corrected chi connectivity index (χ3v) is 6.45. The van der Waals surface area contributed by atoms with Crippen LogP contribution < -0.4 is 33.4 Å². The largest absolute Gasteiger partial charge is 0.403 e. The fourth-order valence-corrected chi connectivity index (χ4v) is 4.32. The van der Waals surface area contributed by atoms with Crippen molar-refractivity contribution in [2.75, 3.05) is 5.73 Å². The van der Waals surface area contributed by atoms with Gasteiger partial charge in [0.15, 0.2) is 0 Å². The van der Waals surface area contributed by atoms with Crippen molar-refractivity contribution in [1.82, 2.24) is 20.2 Å². The second-order valence-corrected chi connectivity index (χ2v) is 9.00. The summed E-state index contributed by atoms with van der Waals surface area (Å²) in [5, 5.41) is 8.64. The van der Waals surface area contributed by atoms with Gasteiger partial charge < -0.3 is 32.4 Å². The Hall–Kier alpha value is -4.72. The van der Waals surface area contributed by atoms with E-state index in [9.17, 15) is 4.79 Å². The molecule has 0 saturated carbocycles. The van der Waals surface area contributed by atoms with Crippen molar-refractivity contribution in [3.8, 4) is 0 Å². The fourth-order valence-electron chi connectivity index (χ4n) is 4.32. The molecule has 0 radical (unpaired) electrons. The first-order chi connectivity index (χ1) is 17.9. The van der Waals surface area contributed by atoms with Crippen LogP contribution in [0, 0.1) is 13.8 Å². The van der Waals surface area contributed by atoms with E-state index in [1.807, 2.05) is 36.4 Å². The number of allylic oxidation sites excluding steroid dienone is 1. The molecule has 0 atom stereocenters. The number of pyridine rings is 2. The highest BCUT2D eigenvalue weighted by molar-refractivity contribution is 5.94. The minimum atomic E-state index is -0.0168. The summed E-state index contributed by atoms with van der Waals surface area (Å²) in [4.78, 5) is 16.1. The molecule has 2 aromatic carbocycles. The number of aromatic nitrogens is 2. The van der Waals surface area contributed by atoms with Crippen LogP contribution in [0.15, 0.2) is 95.6 Å². The topological polar surface area (TPSA) is 137 Å². The van der Waals surface area contributed by atoms with Gasteiger partial charge in [0.2, 0.25) is 0 Å². The normalized spacial score (nSPS) is 12.1. The summed E-state index contributed by atoms with van der Waals surface area (Å²) in [6.07, 6.45) is 6.79. The SMILES string of the molecule is Cc1cc2c(N)nccc2c(C)c1CN/C(N)=C/C(=C\N)NCc1ccc(Cn2ccccc2=O)cc1. The third-order valence-electron chi connectivity index (χ3n) is 6.45. The van der Waals surface area contributed by atoms with E-state index in [1.54, 1.807) is 35.2 Å². The molecule has 0 amide bonds. The van der Waals surface area contributed by atoms with Gasteiger partial charge in [-0.2, -0.15) is 0 Å². The van der Waals surface area contributed by atoms with Gasteiger partial charge in [-0.15, -0.1) is 0 Å². The van der Waals surface area contributed by atoms with Crippen LogP contribution in [0.1, 0.15) is 27.8 Å². The lowest BCUT2D eigenvalue weighted by atomic mass is 9.96. The summed E-state index contributed by atoms with van der Waals surface area (Å²) in [5.41, 5.74) is 24.4. The highest BCUT2D eigenvalue weighted by atomic mass is 16.1. The lowest BCUT2D eigenvalue weighted by Gasteiger charge is -2.16. The fraction of sp³-hybridized carbons (Fsp3) is 0.172. The maximum Gasteiger partial charge on any atom is 0.250 e. The second-order valence-electron chi connectivity index (χ2n) is 9.00. The van der Waals surface area contributed by atoms with Crippen LogP contribution in [0.4, 0.5) is 5.82 Å². The number of hydrogen-bond acceptors (Lipinski definition) is 7. The molecular formula is C29H33N7O. The van der Waals surface area contributed by atoms with Gasteiger partial charge in [-0.3, -0.25) is 4.79 Å². The number of nitrogens with zero attached hydrogens (tertiary/aromatic N) is 2. The van der Waals surface area contributed by atoms with Gasteiger partial charge in [0.1, 0.15) is 5.82 Å². The number of rotatable bonds is 9. The molecule has 2 heterocycles. The van der Waals surface area contributed by atoms with Gasteiger partial charge >= 0.3 is 0 Å². The highest BCUT2D eigenvalue weighted by Gasteiger charge is 2.10. The Labute approximate surface area is 216 Å². The Bertz CT molecular complexity index is 1520. The van der Waals surface area contributed by atoms with E-state index >= 15 is 0 Å². The Kier molecular flexibility index (Phi) is 7.78. The predicted molar refractivity (Wildman–Crippen MR) is 150 cm³/mol. The summed E-state index contributed by atoms with van der Waals surface area (Å²) in [6.45, 7) is 5.83. The second kappa shape index (κ2) is 11.3. The predicted octanol–water partition coefficient (Wildman–Crippen LogP) is 3.12. The van der Waals surface area contributed by atoms with Crippen molar-refractivity contribution in [2.45, 2.75) is 33.5 Å². The highest BCUT2D eigenvalue weighted by Crippen LogP contribution is 2.27. The number of anilines is 1. The van der Waals surface area contributed by atoms with Crippen LogP contribution >= 0.6 is 0 Å². The van der Waals surface area contributed by atoms with E-state index in [0.29, 0.717) is 37.0 Å². The first-order valence-electron chi connectivity index (χ1n) is 12.1. The average molecular weight is 496 g/mol. The quantitative estimate of drug-likeness (QED) is 0.225. The van der Waals surface area contributed by atoms with Gasteiger partial charge in [0, 0.05) is 49.2 Å². The standard InChI is InChI=1S/C29H33N7O/c1-19-13-25-24(10-11-33-29(25)32)20(2)26(19)17-35-27(31)14-23(15-30)34-16-21-6-8-22(9-7-21)18-36-12-4-3-5-28(36)37/h3-15,34-35H,16-18,30-31H2,1-2H3,(H2,32,33)/b23-15+,27-14+. The maximum atomic E-state index is 11.9. The van der Waals surface area contributed by atoms with Crippen LogP contribution in [-0.4, -0.2) is 9.55 Å². The molecule has 0 fully saturated rings. The Morgan fingerprint density at radius 3 is 2.49 bits per heavy atom. The molecule has 0 aliphatic carbocycles. The molecule has 0 bridgehead atoms. The van der Waals surface area contributed by atoms with E-state index in [0.717, 1.165) is 33.0 Å². The molecule has 4 rings (SSSR count). The van der Waals surface area contributed by atoms with E-state index < -0.39 is 0 Å². The molecule has 37 heavy (non-hydrogen) atoms. The van der Waals surface area contributed by atoms with Crippen LogP contribution in [0.25, 0.3) is 10.8 Å². The van der Waals surface area contributed by atoms with Gasteiger partial charge in [0.05, 0.1) is 18.1 Å². The van der Waals surface area contributed by atoms with Gasteiger partial charge in [0.25, 0.3) is 5.56 Å². The monoisotopic (exact) mass is 495 g/mol. The number of fused-ring (bicyclic) bond motifs is 1. The number of aryl methyl sites for hydroxylation is 2. The van der Waals surface area contributed by atoms with E-state index in [1.165, 1.54) is 11.8 Å². The molecule has 190 valence electrons. The average Bonchev–Trinajstić information content (AvgIpc) is 2.89. The number of benzene rings is 2. The number of nitrogens with one attached hydrogen (secondary N) is 2. The molecule has 8 N–H and O–H groups in total. The molecule has 8 heteroatoms. The molecule has 0 spiro atoms. The zero-order valence-corrected chi connectivity index (χ0v) is 21.2. The third kappa shape index (κ3) is 6.10. The molecule has 0 unspecified atom stereocenters. The van der Waals surface area contributed by atoms with Crippen molar-refractivity contribution < 1.29 is 0 Å². The Morgan fingerprint density at radius 1 is 1.00 bits per heavy atom. The summed E-state index contributed by atoms with van der Waals surface area (Å²) in [5.74, 6) is 1.04. The zero-order chi connectivity index (χ0) is 26.4. The smallest absolute Gasteiger partial charge is 0.250 e. The van der Waals surface area contributed by atoms with Crippen molar-refractivity contribution >= 4 is 16.6 Å². The first-order valence-corrected chi connectivity index (χ1v) is 12.1. The lowest BCUT2D eigenvalue weighted by Crippen LogP contribution is -2.23. The number of hydrogen-bond donors (Lipinski definition) is 5. The summed E-state index contributed by atoms with van der Waals surface area (Å²) in [6, 6.07) is 17.3. The van der Waals surface area contributed by atoms with Crippen molar-refractivity contribution in [1.29, 1.82) is 0 Å². The summed E-state index contributed by atoms with van der Waals surface area (Å²) >= 11 is 0. The van der Waals surface area contributed by atoms with Crippen molar-refractivity contribution in [3.05, 3.63) is 129 Å². The molecule has 0 saturated heterocycles. The van der Waals surface area contributed by atoms with Crippen LogP contribution in [0.2, 0.25) is 0 Å². The number of nitrogen functional groups attached to an aromatic ring is 1. The van der Waals surface area contributed by atoms with Gasteiger partial charge in [-0.25, -0.2) is 4.98 Å². The minimum absolute atomic E-state index is 0.0168. The summed E-state index contributed by atoms with van der Waals surface area (Å²) < 4.78 is 1.68. The maximum absolute atomic E-state index is 11.9. The van der Waals surface area contributed by atoms with E-state index in [4.69, 9.17) is 17.2 Å². The van der Waals surface area contributed by atoms with Crippen molar-refractivity contribution in [3.63, 3.8) is 0 Å². The van der Waals surface area contributed by atoms with Crippen LogP contribution in [0.5, 0.6) is 0 Å². The van der Waals surface area contributed by atoms with Crippen LogP contribution in [0.3, 0.4) is 0 Å². The lowest BCUT2D eigenvalue weighted by molar-refractivity contribution is 0.757. The van der Waals surface area contributed by atoms with E-state index in [2.05, 4.69) is 35.5 Å². The first kappa shape index (κ1) is 25.4. The molecule has 0 aliphatic rings. The molecule has 8 nitrogen and oxygen atoms in total. The molecule has 4 aromatic rings.